The summed E-state index contributed by atoms with van der Waals surface area (Å²) >= 11 is 0. The van der Waals surface area contributed by atoms with Gasteiger partial charge in [0.05, 0.1) is 11.0 Å². The lowest BCUT2D eigenvalue weighted by Crippen LogP contribution is -2.31. The van der Waals surface area contributed by atoms with Gasteiger partial charge in [-0.25, -0.2) is 9.66 Å². The molecule has 1 aromatic carbocycles. The first-order chi connectivity index (χ1) is 8.88. The normalized spacial score (nSPS) is 14.2. The number of aromatic nitrogens is 2. The minimum Gasteiger partial charge on any atom is -0.365 e. The van der Waals surface area contributed by atoms with E-state index in [0.29, 0.717) is 11.0 Å². The molecule has 0 saturated heterocycles. The van der Waals surface area contributed by atoms with E-state index in [1.54, 1.807) is 24.3 Å². The number of benzene rings is 1. The molecule has 1 aromatic heterocycles. The monoisotopic (exact) mass is 282 g/mol. The quantitative estimate of drug-likeness (QED) is 0.554. The number of rotatable bonds is 4. The number of anilines is 1. The predicted molar refractivity (Wildman–Crippen MR) is 75.3 cm³/mol. The number of nitrogens with one attached hydrogen (secondary N) is 1. The zero-order valence-electron chi connectivity index (χ0n) is 10.4. The van der Waals surface area contributed by atoms with Gasteiger partial charge in [0.15, 0.2) is 13.2 Å². The highest BCUT2D eigenvalue weighted by atomic mass is 31.2. The van der Waals surface area contributed by atoms with Crippen molar-refractivity contribution in [3.8, 4) is 0 Å². The number of fused-ring (bicyclic) bond motifs is 1. The lowest BCUT2D eigenvalue weighted by atomic mass is 10.3. The number of nitrogens with two attached hydrogens (primary N) is 1. The maximum Gasteiger partial charge on any atom is 0.311 e. The van der Waals surface area contributed by atoms with Gasteiger partial charge in [0.2, 0.25) is 0 Å². The van der Waals surface area contributed by atoms with Crippen LogP contribution in [0.4, 0.5) is 5.82 Å². The third-order valence-electron chi connectivity index (χ3n) is 2.61. The molecule has 19 heavy (non-hydrogen) atoms. The van der Waals surface area contributed by atoms with Gasteiger partial charge < -0.3 is 16.1 Å². The Morgan fingerprint density at radius 1 is 1.47 bits per heavy atom. The van der Waals surface area contributed by atoms with E-state index in [-0.39, 0.29) is 18.5 Å². The largest absolute Gasteiger partial charge is 0.365 e. The molecule has 8 heteroatoms. The summed E-state index contributed by atoms with van der Waals surface area (Å²) in [4.78, 5) is 25.3. The second-order valence-corrected chi connectivity index (χ2v) is 6.87. The number of nitrogens with zero attached hydrogens (tertiary/aromatic N) is 2. The van der Waals surface area contributed by atoms with E-state index in [4.69, 9.17) is 5.84 Å². The van der Waals surface area contributed by atoms with Crippen LogP contribution in [0.1, 0.15) is 0 Å². The van der Waals surface area contributed by atoms with Crippen molar-refractivity contribution >= 4 is 24.2 Å². The van der Waals surface area contributed by atoms with Gasteiger partial charge in [-0.05, 0) is 12.1 Å². The first kappa shape index (κ1) is 13.6. The Morgan fingerprint density at radius 2 is 2.16 bits per heavy atom. The summed E-state index contributed by atoms with van der Waals surface area (Å²) in [5.74, 6) is 5.77. The van der Waals surface area contributed by atoms with Crippen LogP contribution in [0.3, 0.4) is 0 Å². The summed E-state index contributed by atoms with van der Waals surface area (Å²) in [6.45, 7) is 1.45. The molecule has 102 valence electrons. The van der Waals surface area contributed by atoms with Crippen molar-refractivity contribution in [1.82, 2.24) is 9.66 Å². The van der Waals surface area contributed by atoms with Crippen LogP contribution >= 0.6 is 7.37 Å². The Labute approximate surface area is 109 Å². The third kappa shape index (κ3) is 3.13. The number of para-hydroxylation sites is 2. The fraction of sp³-hybridized carbons (Fsp3) is 0.273. The molecule has 2 aromatic rings. The summed E-state index contributed by atoms with van der Waals surface area (Å²) in [6.07, 6.45) is 0.0610. The maximum atomic E-state index is 11.9. The molecule has 0 aliphatic rings. The summed E-state index contributed by atoms with van der Waals surface area (Å²) < 4.78 is 12.2. The second-order valence-electron chi connectivity index (χ2n) is 4.33. The van der Waals surface area contributed by atoms with E-state index in [9.17, 15) is 14.3 Å². The van der Waals surface area contributed by atoms with Crippen LogP contribution in [-0.2, 0) is 4.57 Å². The second kappa shape index (κ2) is 5.03. The van der Waals surface area contributed by atoms with Gasteiger partial charge in [-0.2, -0.15) is 0 Å². The van der Waals surface area contributed by atoms with Gasteiger partial charge in [0.25, 0.3) is 0 Å². The van der Waals surface area contributed by atoms with Gasteiger partial charge in [-0.15, -0.1) is 0 Å². The van der Waals surface area contributed by atoms with Crippen molar-refractivity contribution in [2.24, 2.45) is 0 Å². The van der Waals surface area contributed by atoms with Crippen LogP contribution in [0, 0.1) is 0 Å². The third-order valence-corrected chi connectivity index (χ3v) is 3.67. The lowest BCUT2D eigenvalue weighted by Gasteiger charge is -2.10. The van der Waals surface area contributed by atoms with Crippen molar-refractivity contribution in [2.75, 3.05) is 30.5 Å². The highest BCUT2D eigenvalue weighted by molar-refractivity contribution is 7.57. The van der Waals surface area contributed by atoms with Crippen molar-refractivity contribution < 1.29 is 9.46 Å². The SMILES string of the molecule is CP(=O)(O)CCNc1nc2ccccc2n(N)c1=O. The average molecular weight is 282 g/mol. The van der Waals surface area contributed by atoms with Crippen molar-refractivity contribution in [3.63, 3.8) is 0 Å². The topological polar surface area (TPSA) is 110 Å². The molecule has 0 radical (unpaired) electrons. The van der Waals surface area contributed by atoms with Crippen LogP contribution in [0.5, 0.6) is 0 Å². The zero-order valence-corrected chi connectivity index (χ0v) is 11.3. The van der Waals surface area contributed by atoms with E-state index < -0.39 is 12.9 Å². The smallest absolute Gasteiger partial charge is 0.311 e. The Bertz CT molecular complexity index is 707. The van der Waals surface area contributed by atoms with Crippen LogP contribution in [0.15, 0.2) is 29.1 Å². The van der Waals surface area contributed by atoms with Crippen molar-refractivity contribution in [3.05, 3.63) is 34.6 Å². The molecule has 0 bridgehead atoms. The van der Waals surface area contributed by atoms with Crippen LogP contribution < -0.4 is 16.7 Å². The molecule has 0 aliphatic carbocycles. The zero-order chi connectivity index (χ0) is 14.0. The molecule has 1 atom stereocenters. The summed E-state index contributed by atoms with van der Waals surface area (Å²) in [5, 5.41) is 2.75. The number of nitrogen functional groups attached to an aromatic ring is 1. The molecule has 0 aliphatic heterocycles. The minimum absolute atomic E-state index is 0.0610. The van der Waals surface area contributed by atoms with Crippen molar-refractivity contribution in [1.29, 1.82) is 0 Å². The standard InChI is InChI=1S/C11H15N4O3P/c1-19(17,18)7-6-13-10-11(16)15(12)9-5-3-2-4-8(9)14-10/h2-5H,6-7,12H2,1H3,(H,13,14)(H,17,18). The molecule has 2 rings (SSSR count). The van der Waals surface area contributed by atoms with Crippen LogP contribution in [-0.4, -0.2) is 33.9 Å². The molecule has 1 unspecified atom stereocenters. The van der Waals surface area contributed by atoms with Gasteiger partial charge in [-0.3, -0.25) is 9.36 Å². The number of hydrogen-bond donors (Lipinski definition) is 3. The molecule has 7 nitrogen and oxygen atoms in total. The molecule has 0 spiro atoms. The summed E-state index contributed by atoms with van der Waals surface area (Å²) in [6, 6.07) is 6.98. The molecule has 0 amide bonds. The summed E-state index contributed by atoms with van der Waals surface area (Å²) in [7, 11) is -3.11. The molecular formula is C11H15N4O3P. The van der Waals surface area contributed by atoms with E-state index in [2.05, 4.69) is 10.3 Å². The molecular weight excluding hydrogens is 267 g/mol. The van der Waals surface area contributed by atoms with Crippen molar-refractivity contribution in [2.45, 2.75) is 0 Å². The van der Waals surface area contributed by atoms with Crippen LogP contribution in [0.2, 0.25) is 0 Å². The Morgan fingerprint density at radius 3 is 2.84 bits per heavy atom. The first-order valence-electron chi connectivity index (χ1n) is 5.68. The maximum absolute atomic E-state index is 11.9. The van der Waals surface area contributed by atoms with Gasteiger partial charge >= 0.3 is 5.56 Å². The number of hydrogen-bond acceptors (Lipinski definition) is 5. The molecule has 0 saturated carbocycles. The highest BCUT2D eigenvalue weighted by Crippen LogP contribution is 2.33. The first-order valence-corrected chi connectivity index (χ1v) is 7.98. The van der Waals surface area contributed by atoms with Crippen LogP contribution in [0.25, 0.3) is 11.0 Å². The molecule has 4 N–H and O–H groups in total. The highest BCUT2D eigenvalue weighted by Gasteiger charge is 2.11. The van der Waals surface area contributed by atoms with E-state index >= 15 is 0 Å². The van der Waals surface area contributed by atoms with Gasteiger partial charge in [-0.1, -0.05) is 12.1 Å². The fourth-order valence-corrected chi connectivity index (χ4v) is 2.18. The van der Waals surface area contributed by atoms with E-state index in [0.717, 1.165) is 4.68 Å². The Kier molecular flexibility index (Phi) is 3.59. The lowest BCUT2D eigenvalue weighted by molar-refractivity contribution is 0.485. The van der Waals surface area contributed by atoms with E-state index in [1.807, 2.05) is 0 Å². The van der Waals surface area contributed by atoms with E-state index in [1.165, 1.54) is 6.66 Å². The minimum atomic E-state index is -3.11. The van der Waals surface area contributed by atoms with Gasteiger partial charge in [0.1, 0.15) is 0 Å². The Hall–Kier alpha value is -1.85. The molecule has 0 fully saturated rings. The van der Waals surface area contributed by atoms with Gasteiger partial charge in [0, 0.05) is 19.4 Å². The summed E-state index contributed by atoms with van der Waals surface area (Å²) in [5.41, 5.74) is 0.639. The fourth-order valence-electron chi connectivity index (χ4n) is 1.65. The predicted octanol–water partition coefficient (Wildman–Crippen LogP) is 0.422. The molecule has 1 heterocycles. The Balaban J connectivity index is 2.31. The average Bonchev–Trinajstić information content (AvgIpc) is 2.34.